The summed E-state index contributed by atoms with van der Waals surface area (Å²) in [6.07, 6.45) is 0. The number of nitrogens with zero attached hydrogens (tertiary/aromatic N) is 1. The van der Waals surface area contributed by atoms with Crippen LogP contribution in [0.2, 0.25) is 0 Å². The minimum Gasteiger partial charge on any atom is -0.276 e. The summed E-state index contributed by atoms with van der Waals surface area (Å²) in [6, 6.07) is 4.60. The Morgan fingerprint density at radius 1 is 1.31 bits per heavy atom. The average molecular weight is 264 g/mol. The van der Waals surface area contributed by atoms with Gasteiger partial charge in [-0.15, -0.1) is 0 Å². The topological polar surface area (TPSA) is 94.3 Å². The number of hydrogen-bond donors (Lipinski definition) is 0. The molecule has 0 saturated carbocycles. The van der Waals surface area contributed by atoms with E-state index in [0.717, 1.165) is 12.1 Å². The Kier molecular flexibility index (Phi) is 3.61. The lowest BCUT2D eigenvalue weighted by Gasteiger charge is -2.00. The second-order valence-corrected chi connectivity index (χ2v) is 5.18. The lowest BCUT2D eigenvalue weighted by molar-refractivity contribution is -0.458. The van der Waals surface area contributed by atoms with Crippen LogP contribution in [-0.4, -0.2) is 24.5 Å². The highest BCUT2D eigenvalue weighted by molar-refractivity contribution is 7.91. The van der Waals surface area contributed by atoms with Gasteiger partial charge in [-0.25, -0.2) is 8.42 Å². The van der Waals surface area contributed by atoms with Crippen LogP contribution < -0.4 is 0 Å². The summed E-state index contributed by atoms with van der Waals surface area (Å²) >= 11 is 5.16. The number of hydrogen-bond acceptors (Lipinski definition) is 5. The van der Waals surface area contributed by atoms with Crippen molar-refractivity contribution in [2.45, 2.75) is 4.90 Å². The van der Waals surface area contributed by atoms with Crippen LogP contribution >= 0.6 is 11.6 Å². The molecule has 16 heavy (non-hydrogen) atoms. The standard InChI is InChI=1S/C8H6ClNO5S/c9-8(11)6-1-3-7(4-2-6)16(14,15)5-10(12)13/h1-4H,5H2. The van der Waals surface area contributed by atoms with Gasteiger partial charge in [-0.2, -0.15) is 0 Å². The molecule has 8 heteroatoms. The number of nitro groups is 1. The molecule has 0 aromatic heterocycles. The van der Waals surface area contributed by atoms with Crippen molar-refractivity contribution < 1.29 is 18.1 Å². The van der Waals surface area contributed by atoms with E-state index in [-0.39, 0.29) is 10.5 Å². The van der Waals surface area contributed by atoms with E-state index >= 15 is 0 Å². The van der Waals surface area contributed by atoms with E-state index in [1.807, 2.05) is 0 Å². The summed E-state index contributed by atoms with van der Waals surface area (Å²) in [5.74, 6) is -1.18. The number of benzene rings is 1. The highest BCUT2D eigenvalue weighted by atomic mass is 35.5. The first-order chi connectivity index (χ1) is 7.33. The van der Waals surface area contributed by atoms with Crippen LogP contribution in [0.5, 0.6) is 0 Å². The van der Waals surface area contributed by atoms with Crippen molar-refractivity contribution in [3.05, 3.63) is 39.9 Å². The fourth-order valence-electron chi connectivity index (χ4n) is 1.01. The molecule has 1 aromatic carbocycles. The summed E-state index contributed by atoms with van der Waals surface area (Å²) in [6.45, 7) is 0. The highest BCUT2D eigenvalue weighted by Crippen LogP contribution is 2.13. The average Bonchev–Trinajstić information content (AvgIpc) is 2.16. The van der Waals surface area contributed by atoms with Crippen LogP contribution in [0.4, 0.5) is 0 Å². The molecule has 1 rings (SSSR count). The van der Waals surface area contributed by atoms with E-state index in [4.69, 9.17) is 11.6 Å². The molecule has 0 saturated heterocycles. The van der Waals surface area contributed by atoms with Crippen molar-refractivity contribution in [1.82, 2.24) is 0 Å². The van der Waals surface area contributed by atoms with Crippen LogP contribution in [0.15, 0.2) is 29.2 Å². The lowest BCUT2D eigenvalue weighted by atomic mass is 10.2. The van der Waals surface area contributed by atoms with Gasteiger partial charge in [-0.1, -0.05) is 0 Å². The molecule has 0 radical (unpaired) electrons. The van der Waals surface area contributed by atoms with Crippen molar-refractivity contribution >= 4 is 26.7 Å². The third kappa shape index (κ3) is 3.01. The van der Waals surface area contributed by atoms with Gasteiger partial charge < -0.3 is 0 Å². The van der Waals surface area contributed by atoms with E-state index in [0.29, 0.717) is 0 Å². The summed E-state index contributed by atoms with van der Waals surface area (Å²) in [5, 5.41) is 9.39. The molecule has 0 amide bonds. The second-order valence-electron chi connectivity index (χ2n) is 2.87. The first-order valence-electron chi connectivity index (χ1n) is 3.97. The van der Waals surface area contributed by atoms with Gasteiger partial charge in [-0.05, 0) is 35.9 Å². The molecule has 0 unspecified atom stereocenters. The van der Waals surface area contributed by atoms with Gasteiger partial charge >= 0.3 is 5.88 Å². The number of sulfone groups is 1. The number of carbonyl (C=O) groups is 1. The van der Waals surface area contributed by atoms with Gasteiger partial charge in [0.2, 0.25) is 9.84 Å². The minimum absolute atomic E-state index is 0.127. The maximum absolute atomic E-state index is 11.4. The Balaban J connectivity index is 3.07. The summed E-state index contributed by atoms with van der Waals surface area (Å²) in [4.78, 5) is 19.7. The van der Waals surface area contributed by atoms with Crippen LogP contribution in [0, 0.1) is 10.1 Å². The Hall–Kier alpha value is -1.47. The van der Waals surface area contributed by atoms with Gasteiger partial charge in [0, 0.05) is 10.5 Å². The normalized spacial score (nSPS) is 11.1. The minimum atomic E-state index is -3.96. The SMILES string of the molecule is O=C(Cl)c1ccc(S(=O)(=O)C[N+](=O)[O-])cc1. The zero-order valence-corrected chi connectivity index (χ0v) is 9.36. The summed E-state index contributed by atoms with van der Waals surface area (Å²) in [5.41, 5.74) is 0.127. The molecule has 0 heterocycles. The largest absolute Gasteiger partial charge is 0.305 e. The van der Waals surface area contributed by atoms with Crippen molar-refractivity contribution in [1.29, 1.82) is 0 Å². The molecule has 0 N–H and O–H groups in total. The van der Waals surface area contributed by atoms with Crippen molar-refractivity contribution in [3.8, 4) is 0 Å². The van der Waals surface area contributed by atoms with Gasteiger partial charge in [-0.3, -0.25) is 14.9 Å². The molecule has 0 spiro atoms. The Morgan fingerprint density at radius 3 is 2.19 bits per heavy atom. The molecule has 0 bridgehead atoms. The number of halogens is 1. The third-order valence-corrected chi connectivity index (χ3v) is 3.48. The Morgan fingerprint density at radius 2 is 1.81 bits per heavy atom. The Bertz CT molecular complexity index is 522. The number of rotatable bonds is 4. The maximum Gasteiger partial charge on any atom is 0.305 e. The molecule has 1 aromatic rings. The highest BCUT2D eigenvalue weighted by Gasteiger charge is 2.21. The summed E-state index contributed by atoms with van der Waals surface area (Å²) < 4.78 is 22.7. The smallest absolute Gasteiger partial charge is 0.276 e. The molecule has 6 nitrogen and oxygen atoms in total. The van der Waals surface area contributed by atoms with E-state index in [9.17, 15) is 23.3 Å². The molecular formula is C8H6ClNO5S. The second kappa shape index (κ2) is 4.58. The van der Waals surface area contributed by atoms with Gasteiger partial charge in [0.1, 0.15) is 0 Å². The van der Waals surface area contributed by atoms with E-state index in [1.54, 1.807) is 0 Å². The first-order valence-corrected chi connectivity index (χ1v) is 6.00. The molecule has 0 aliphatic rings. The molecule has 0 aliphatic carbocycles. The lowest BCUT2D eigenvalue weighted by Crippen LogP contribution is -2.14. The van der Waals surface area contributed by atoms with Gasteiger partial charge in [0.05, 0.1) is 4.90 Å². The van der Waals surface area contributed by atoms with Crippen molar-refractivity contribution in [3.63, 3.8) is 0 Å². The molecule has 0 atom stereocenters. The molecule has 0 fully saturated rings. The van der Waals surface area contributed by atoms with E-state index < -0.39 is 25.9 Å². The van der Waals surface area contributed by atoms with Crippen molar-refractivity contribution in [2.24, 2.45) is 0 Å². The van der Waals surface area contributed by atoms with E-state index in [1.165, 1.54) is 12.1 Å². The maximum atomic E-state index is 11.4. The van der Waals surface area contributed by atoms with E-state index in [2.05, 4.69) is 0 Å². The molecular weight excluding hydrogens is 258 g/mol. The Labute approximate surface area is 95.9 Å². The fraction of sp³-hybridized carbons (Fsp3) is 0.125. The predicted octanol–water partition coefficient (Wildman–Crippen LogP) is 1.07. The first kappa shape index (κ1) is 12.6. The van der Waals surface area contributed by atoms with Crippen LogP contribution in [0.1, 0.15) is 10.4 Å². The molecule has 86 valence electrons. The zero-order chi connectivity index (χ0) is 12.3. The monoisotopic (exact) mass is 263 g/mol. The van der Waals surface area contributed by atoms with Gasteiger partial charge in [0.15, 0.2) is 0 Å². The number of carbonyl (C=O) groups excluding carboxylic acids is 1. The van der Waals surface area contributed by atoms with Gasteiger partial charge in [0.25, 0.3) is 5.24 Å². The fourth-order valence-corrected chi connectivity index (χ4v) is 2.11. The van der Waals surface area contributed by atoms with Crippen LogP contribution in [0.25, 0.3) is 0 Å². The predicted molar refractivity (Wildman–Crippen MR) is 55.7 cm³/mol. The summed E-state index contributed by atoms with van der Waals surface area (Å²) in [7, 11) is -3.96. The van der Waals surface area contributed by atoms with Crippen molar-refractivity contribution in [2.75, 3.05) is 5.88 Å². The van der Waals surface area contributed by atoms with Crippen LogP contribution in [-0.2, 0) is 9.84 Å². The third-order valence-electron chi connectivity index (χ3n) is 1.72. The van der Waals surface area contributed by atoms with Crippen LogP contribution in [0.3, 0.4) is 0 Å². The zero-order valence-electron chi connectivity index (χ0n) is 7.79. The quantitative estimate of drug-likeness (QED) is 0.460. The molecule has 0 aliphatic heterocycles.